The number of benzene rings is 1. The third-order valence-corrected chi connectivity index (χ3v) is 4.90. The molecule has 6 heteroatoms. The van der Waals surface area contributed by atoms with Gasteiger partial charge in [-0.1, -0.05) is 0 Å². The molecule has 0 aliphatic carbocycles. The average molecular weight is 284 g/mol. The van der Waals surface area contributed by atoms with Crippen LogP contribution in [0.1, 0.15) is 19.4 Å². The minimum Gasteiger partial charge on any atom is -0.389 e. The summed E-state index contributed by atoms with van der Waals surface area (Å²) in [6, 6.07) is 5.12. The van der Waals surface area contributed by atoms with Gasteiger partial charge in [-0.25, -0.2) is 8.42 Å². The van der Waals surface area contributed by atoms with Crippen molar-refractivity contribution in [3.8, 4) is 0 Å². The van der Waals surface area contributed by atoms with Crippen LogP contribution in [-0.4, -0.2) is 43.6 Å². The molecule has 0 saturated carbocycles. The predicted octanol–water partition coefficient (Wildman–Crippen LogP) is 1.05. The number of anilines is 1. The van der Waals surface area contributed by atoms with Crippen molar-refractivity contribution in [3.05, 3.63) is 23.8 Å². The molecule has 0 unspecified atom stereocenters. The molecule has 0 amide bonds. The van der Waals surface area contributed by atoms with Crippen LogP contribution in [0.2, 0.25) is 0 Å². The molecule has 0 atom stereocenters. The van der Waals surface area contributed by atoms with Gasteiger partial charge in [0.05, 0.1) is 10.5 Å². The Morgan fingerprint density at radius 2 is 2.11 bits per heavy atom. The van der Waals surface area contributed by atoms with E-state index in [2.05, 4.69) is 5.32 Å². The standard InChI is InChI=1S/C13H20N2O3S/c1-13(2,16)9-15(3)19(17,18)11-4-5-12-10(8-11)6-7-14-12/h4-5,8,14,16H,6-7,9H2,1-3H3. The van der Waals surface area contributed by atoms with E-state index < -0.39 is 15.6 Å². The molecule has 2 N–H and O–H groups in total. The second-order valence-electron chi connectivity index (χ2n) is 5.57. The lowest BCUT2D eigenvalue weighted by Gasteiger charge is -2.25. The van der Waals surface area contributed by atoms with Crippen LogP contribution in [0.4, 0.5) is 5.69 Å². The molecule has 1 aliphatic heterocycles. The molecule has 1 aliphatic rings. The maximum atomic E-state index is 12.4. The first-order valence-corrected chi connectivity index (χ1v) is 7.70. The van der Waals surface area contributed by atoms with Gasteiger partial charge in [-0.3, -0.25) is 0 Å². The molecule has 0 aromatic heterocycles. The van der Waals surface area contributed by atoms with Crippen molar-refractivity contribution >= 4 is 15.7 Å². The number of sulfonamides is 1. The van der Waals surface area contributed by atoms with E-state index in [0.29, 0.717) is 0 Å². The third-order valence-electron chi connectivity index (χ3n) is 3.10. The van der Waals surface area contributed by atoms with Gasteiger partial charge in [0.15, 0.2) is 0 Å². The minimum absolute atomic E-state index is 0.0602. The quantitative estimate of drug-likeness (QED) is 0.867. The summed E-state index contributed by atoms with van der Waals surface area (Å²) < 4.78 is 26.0. The zero-order valence-corrected chi connectivity index (χ0v) is 12.3. The van der Waals surface area contributed by atoms with Crippen LogP contribution in [-0.2, 0) is 16.4 Å². The van der Waals surface area contributed by atoms with Crippen LogP contribution in [0.25, 0.3) is 0 Å². The number of hydrogen-bond acceptors (Lipinski definition) is 4. The van der Waals surface area contributed by atoms with Gasteiger partial charge in [-0.05, 0) is 44.0 Å². The van der Waals surface area contributed by atoms with Crippen LogP contribution in [0.3, 0.4) is 0 Å². The number of nitrogens with zero attached hydrogens (tertiary/aromatic N) is 1. The van der Waals surface area contributed by atoms with E-state index in [9.17, 15) is 13.5 Å². The number of nitrogens with one attached hydrogen (secondary N) is 1. The third kappa shape index (κ3) is 3.08. The van der Waals surface area contributed by atoms with Gasteiger partial charge in [0.1, 0.15) is 0 Å². The SMILES string of the molecule is CN(CC(C)(C)O)S(=O)(=O)c1ccc2c(c1)CCN2. The molecule has 106 valence electrons. The number of rotatable bonds is 4. The molecule has 1 heterocycles. The van der Waals surface area contributed by atoms with Crippen molar-refractivity contribution in [2.75, 3.05) is 25.5 Å². The highest BCUT2D eigenvalue weighted by atomic mass is 32.2. The Balaban J connectivity index is 2.29. The Labute approximate surface area is 114 Å². The topological polar surface area (TPSA) is 69.6 Å². The molecule has 0 bridgehead atoms. The molecule has 5 nitrogen and oxygen atoms in total. The summed E-state index contributed by atoms with van der Waals surface area (Å²) in [4.78, 5) is 0.279. The van der Waals surface area contributed by atoms with Crippen molar-refractivity contribution in [3.63, 3.8) is 0 Å². The van der Waals surface area contributed by atoms with E-state index in [-0.39, 0.29) is 11.4 Å². The van der Waals surface area contributed by atoms with Crippen LogP contribution in [0, 0.1) is 0 Å². The maximum absolute atomic E-state index is 12.4. The minimum atomic E-state index is -3.55. The highest BCUT2D eigenvalue weighted by Gasteiger charge is 2.27. The monoisotopic (exact) mass is 284 g/mol. The zero-order chi connectivity index (χ0) is 14.3. The molecule has 0 fully saturated rings. The summed E-state index contributed by atoms with van der Waals surface area (Å²) in [5.41, 5.74) is 0.974. The van der Waals surface area contributed by atoms with E-state index in [0.717, 1.165) is 24.2 Å². The van der Waals surface area contributed by atoms with Crippen LogP contribution >= 0.6 is 0 Å². The first-order chi connectivity index (χ1) is 8.70. The molecule has 2 rings (SSSR count). The molecule has 0 radical (unpaired) electrons. The molecule has 19 heavy (non-hydrogen) atoms. The van der Waals surface area contributed by atoms with Crippen LogP contribution < -0.4 is 5.32 Å². The van der Waals surface area contributed by atoms with E-state index >= 15 is 0 Å². The summed E-state index contributed by atoms with van der Waals surface area (Å²) in [5.74, 6) is 0. The lowest BCUT2D eigenvalue weighted by atomic mass is 10.1. The number of likely N-dealkylation sites (N-methyl/N-ethyl adjacent to an activating group) is 1. The normalized spacial score (nSPS) is 15.4. The van der Waals surface area contributed by atoms with Crippen molar-refractivity contribution in [1.82, 2.24) is 4.31 Å². The fourth-order valence-corrected chi connectivity index (χ4v) is 3.63. The van der Waals surface area contributed by atoms with Crippen LogP contribution in [0.15, 0.2) is 23.1 Å². The first-order valence-electron chi connectivity index (χ1n) is 6.26. The van der Waals surface area contributed by atoms with E-state index in [1.807, 2.05) is 0 Å². The van der Waals surface area contributed by atoms with Gasteiger partial charge < -0.3 is 10.4 Å². The van der Waals surface area contributed by atoms with Gasteiger partial charge in [-0.2, -0.15) is 4.31 Å². The Hall–Kier alpha value is -1.11. The summed E-state index contributed by atoms with van der Waals surface area (Å²) in [6.45, 7) is 4.08. The second kappa shape index (κ2) is 4.77. The van der Waals surface area contributed by atoms with Crippen molar-refractivity contribution in [2.24, 2.45) is 0 Å². The van der Waals surface area contributed by atoms with Crippen molar-refractivity contribution in [1.29, 1.82) is 0 Å². The van der Waals surface area contributed by atoms with Gasteiger partial charge in [0.2, 0.25) is 10.0 Å². The fourth-order valence-electron chi connectivity index (χ4n) is 2.25. The summed E-state index contributed by atoms with van der Waals surface area (Å²) >= 11 is 0. The molecule has 0 spiro atoms. The van der Waals surface area contributed by atoms with E-state index in [4.69, 9.17) is 0 Å². The summed E-state index contributed by atoms with van der Waals surface area (Å²) in [6.07, 6.45) is 0.841. The largest absolute Gasteiger partial charge is 0.389 e. The van der Waals surface area contributed by atoms with Gasteiger partial charge in [-0.15, -0.1) is 0 Å². The van der Waals surface area contributed by atoms with Crippen molar-refractivity contribution in [2.45, 2.75) is 30.8 Å². The van der Waals surface area contributed by atoms with Crippen LogP contribution in [0.5, 0.6) is 0 Å². The second-order valence-corrected chi connectivity index (χ2v) is 7.61. The van der Waals surface area contributed by atoms with Gasteiger partial charge >= 0.3 is 0 Å². The number of hydrogen-bond donors (Lipinski definition) is 2. The van der Waals surface area contributed by atoms with Gasteiger partial charge in [0.25, 0.3) is 0 Å². The summed E-state index contributed by atoms with van der Waals surface area (Å²) in [5, 5.41) is 12.9. The molecule has 1 aromatic carbocycles. The predicted molar refractivity (Wildman–Crippen MR) is 74.7 cm³/mol. The Bertz CT molecular complexity index is 576. The van der Waals surface area contributed by atoms with E-state index in [1.54, 1.807) is 32.0 Å². The highest BCUT2D eigenvalue weighted by Crippen LogP contribution is 2.26. The highest BCUT2D eigenvalue weighted by molar-refractivity contribution is 7.89. The fraction of sp³-hybridized carbons (Fsp3) is 0.538. The lowest BCUT2D eigenvalue weighted by molar-refractivity contribution is 0.0640. The van der Waals surface area contributed by atoms with E-state index in [1.165, 1.54) is 11.4 Å². The summed E-state index contributed by atoms with van der Waals surface area (Å²) in [7, 11) is -2.06. The molecule has 1 aromatic rings. The maximum Gasteiger partial charge on any atom is 0.242 e. The zero-order valence-electron chi connectivity index (χ0n) is 11.5. The Morgan fingerprint density at radius 3 is 2.74 bits per heavy atom. The van der Waals surface area contributed by atoms with Crippen molar-refractivity contribution < 1.29 is 13.5 Å². The Morgan fingerprint density at radius 1 is 1.42 bits per heavy atom. The smallest absolute Gasteiger partial charge is 0.242 e. The molecule has 0 saturated heterocycles. The average Bonchev–Trinajstić information content (AvgIpc) is 2.73. The lowest BCUT2D eigenvalue weighted by Crippen LogP contribution is -2.39. The first kappa shape index (κ1) is 14.3. The number of aliphatic hydroxyl groups is 1. The molecular weight excluding hydrogens is 264 g/mol. The molecular formula is C13H20N2O3S. The number of fused-ring (bicyclic) bond motifs is 1. The Kier molecular flexibility index (Phi) is 3.59. The van der Waals surface area contributed by atoms with Gasteiger partial charge in [0, 0.05) is 25.8 Å².